The average Bonchev–Trinajstić information content (AvgIpc) is 3.08. The Kier molecular flexibility index (Phi) is 6.35. The summed E-state index contributed by atoms with van der Waals surface area (Å²) < 4.78 is 5.09. The van der Waals surface area contributed by atoms with Crippen molar-refractivity contribution in [3.63, 3.8) is 0 Å². The van der Waals surface area contributed by atoms with E-state index >= 15 is 0 Å². The van der Waals surface area contributed by atoms with Gasteiger partial charge in [0.1, 0.15) is 0 Å². The summed E-state index contributed by atoms with van der Waals surface area (Å²) in [5, 5.41) is 11.4. The van der Waals surface area contributed by atoms with Gasteiger partial charge in [0, 0.05) is 24.3 Å². The molecule has 1 aromatic rings. The fourth-order valence-corrected chi connectivity index (χ4v) is 3.30. The van der Waals surface area contributed by atoms with Gasteiger partial charge in [-0.15, -0.1) is 0 Å². The van der Waals surface area contributed by atoms with E-state index in [0.29, 0.717) is 30.7 Å². The molecule has 0 bridgehead atoms. The summed E-state index contributed by atoms with van der Waals surface area (Å²) in [5.74, 6) is 2.21. The van der Waals surface area contributed by atoms with Crippen molar-refractivity contribution in [3.8, 4) is 0 Å². The zero-order chi connectivity index (χ0) is 15.1. The van der Waals surface area contributed by atoms with Gasteiger partial charge in [-0.3, -0.25) is 4.99 Å². The lowest BCUT2D eigenvalue weighted by atomic mass is 10.2. The Morgan fingerprint density at radius 3 is 2.95 bits per heavy atom. The number of aromatic nitrogens is 2. The summed E-state index contributed by atoms with van der Waals surface area (Å²) in [5.41, 5.74) is 0. The first-order valence-electron chi connectivity index (χ1n) is 7.58. The van der Waals surface area contributed by atoms with Crippen LogP contribution in [0.2, 0.25) is 0 Å². The van der Waals surface area contributed by atoms with Gasteiger partial charge in [0.2, 0.25) is 5.89 Å². The fraction of sp³-hybridized carbons (Fsp3) is 0.786. The van der Waals surface area contributed by atoms with E-state index < -0.39 is 0 Å². The summed E-state index contributed by atoms with van der Waals surface area (Å²) in [6.07, 6.45) is 6.60. The van der Waals surface area contributed by atoms with Crippen LogP contribution in [0.3, 0.4) is 0 Å². The Morgan fingerprint density at radius 1 is 1.48 bits per heavy atom. The molecule has 0 aromatic carbocycles. The zero-order valence-electron chi connectivity index (χ0n) is 13.1. The van der Waals surface area contributed by atoms with Crippen LogP contribution in [-0.2, 0) is 6.42 Å². The molecule has 0 aliphatic heterocycles. The van der Waals surface area contributed by atoms with Crippen LogP contribution in [0.15, 0.2) is 9.52 Å². The van der Waals surface area contributed by atoms with Crippen LogP contribution in [0.25, 0.3) is 0 Å². The number of nitrogens with one attached hydrogen (secondary N) is 2. The Labute approximate surface area is 130 Å². The lowest BCUT2D eigenvalue weighted by Gasteiger charge is -2.17. The molecule has 0 saturated heterocycles. The zero-order valence-corrected chi connectivity index (χ0v) is 13.9. The van der Waals surface area contributed by atoms with Gasteiger partial charge < -0.3 is 15.2 Å². The lowest BCUT2D eigenvalue weighted by Crippen LogP contribution is -2.42. The lowest BCUT2D eigenvalue weighted by molar-refractivity contribution is 0.376. The quantitative estimate of drug-likeness (QED) is 0.616. The van der Waals surface area contributed by atoms with Crippen LogP contribution in [0.5, 0.6) is 0 Å². The number of nitrogens with zero attached hydrogens (tertiary/aromatic N) is 3. The highest BCUT2D eigenvalue weighted by Gasteiger charge is 2.24. The smallest absolute Gasteiger partial charge is 0.228 e. The van der Waals surface area contributed by atoms with E-state index in [1.165, 1.54) is 19.3 Å². The number of hydrogen-bond acceptors (Lipinski definition) is 5. The summed E-state index contributed by atoms with van der Waals surface area (Å²) in [7, 11) is 0. The van der Waals surface area contributed by atoms with Crippen LogP contribution < -0.4 is 10.6 Å². The molecule has 118 valence electrons. The van der Waals surface area contributed by atoms with E-state index in [0.717, 1.165) is 17.8 Å². The van der Waals surface area contributed by atoms with E-state index in [2.05, 4.69) is 38.9 Å². The molecule has 0 spiro atoms. The first-order chi connectivity index (χ1) is 10.2. The second kappa shape index (κ2) is 8.26. The predicted octanol–water partition coefficient (Wildman–Crippen LogP) is 1.76. The van der Waals surface area contributed by atoms with Crippen LogP contribution in [0.4, 0.5) is 0 Å². The topological polar surface area (TPSA) is 75.3 Å². The van der Waals surface area contributed by atoms with E-state index in [9.17, 15) is 0 Å². The average molecular weight is 311 g/mol. The van der Waals surface area contributed by atoms with Gasteiger partial charge in [-0.2, -0.15) is 16.7 Å². The Bertz CT molecular complexity index is 462. The standard InChI is InChI=1S/C14H25N5OS/c1-4-15-14(18-11-5-6-12(9-11)21-3)16-8-7-13-17-10(2)19-20-13/h11-12H,4-9H2,1-3H3,(H2,15,16,18). The highest BCUT2D eigenvalue weighted by Crippen LogP contribution is 2.27. The molecule has 21 heavy (non-hydrogen) atoms. The maximum absolute atomic E-state index is 5.09. The first-order valence-corrected chi connectivity index (χ1v) is 8.87. The third kappa shape index (κ3) is 5.22. The molecule has 1 heterocycles. The molecule has 2 N–H and O–H groups in total. The molecule has 0 radical (unpaired) electrons. The second-order valence-corrected chi connectivity index (χ2v) is 6.40. The van der Waals surface area contributed by atoms with Crippen molar-refractivity contribution in [2.75, 3.05) is 19.3 Å². The van der Waals surface area contributed by atoms with Crippen LogP contribution in [0, 0.1) is 6.92 Å². The summed E-state index contributed by atoms with van der Waals surface area (Å²) >= 11 is 1.97. The second-order valence-electron chi connectivity index (χ2n) is 5.26. The number of thioether (sulfide) groups is 1. The highest BCUT2D eigenvalue weighted by molar-refractivity contribution is 7.99. The highest BCUT2D eigenvalue weighted by atomic mass is 32.2. The maximum Gasteiger partial charge on any atom is 0.228 e. The van der Waals surface area contributed by atoms with Gasteiger partial charge in [-0.25, -0.2) is 0 Å². The van der Waals surface area contributed by atoms with Crippen LogP contribution >= 0.6 is 11.8 Å². The minimum Gasteiger partial charge on any atom is -0.357 e. The summed E-state index contributed by atoms with van der Waals surface area (Å²) in [6, 6.07) is 0.533. The van der Waals surface area contributed by atoms with Crippen molar-refractivity contribution in [3.05, 3.63) is 11.7 Å². The number of guanidine groups is 1. The SMILES string of the molecule is CCNC(=NCCc1nc(C)no1)NC1CCC(SC)C1. The fourth-order valence-electron chi connectivity index (χ4n) is 2.50. The van der Waals surface area contributed by atoms with Crippen LogP contribution in [-0.4, -0.2) is 46.7 Å². The molecule has 1 fully saturated rings. The number of aliphatic imine (C=N–C) groups is 1. The number of rotatable bonds is 6. The van der Waals surface area contributed by atoms with Crippen LogP contribution in [0.1, 0.15) is 37.9 Å². The third-order valence-electron chi connectivity index (χ3n) is 3.57. The molecule has 7 heteroatoms. The molecule has 0 amide bonds. The Morgan fingerprint density at radius 2 is 2.33 bits per heavy atom. The monoisotopic (exact) mass is 311 g/mol. The molecule has 1 aliphatic carbocycles. The molecule has 1 aromatic heterocycles. The van der Waals surface area contributed by atoms with E-state index in [1.807, 2.05) is 18.7 Å². The summed E-state index contributed by atoms with van der Waals surface area (Å²) in [6.45, 7) is 5.42. The van der Waals surface area contributed by atoms with Crippen molar-refractivity contribution in [1.82, 2.24) is 20.8 Å². The predicted molar refractivity (Wildman–Crippen MR) is 86.8 cm³/mol. The van der Waals surface area contributed by atoms with Crippen molar-refractivity contribution in [2.24, 2.45) is 4.99 Å². The van der Waals surface area contributed by atoms with E-state index in [4.69, 9.17) is 4.52 Å². The maximum atomic E-state index is 5.09. The van der Waals surface area contributed by atoms with Gasteiger partial charge in [-0.05, 0) is 39.4 Å². The van der Waals surface area contributed by atoms with E-state index in [1.54, 1.807) is 0 Å². The number of aryl methyl sites for hydroxylation is 1. The van der Waals surface area contributed by atoms with Crippen molar-refractivity contribution in [1.29, 1.82) is 0 Å². The molecule has 2 atom stereocenters. The van der Waals surface area contributed by atoms with Gasteiger partial charge in [0.05, 0.1) is 6.54 Å². The molecular weight excluding hydrogens is 286 g/mol. The minimum atomic E-state index is 0.533. The first kappa shape index (κ1) is 16.1. The van der Waals surface area contributed by atoms with Gasteiger partial charge in [0.15, 0.2) is 11.8 Å². The van der Waals surface area contributed by atoms with Gasteiger partial charge in [0.25, 0.3) is 0 Å². The molecule has 6 nitrogen and oxygen atoms in total. The number of hydrogen-bond donors (Lipinski definition) is 2. The minimum absolute atomic E-state index is 0.533. The Balaban J connectivity index is 1.81. The van der Waals surface area contributed by atoms with E-state index in [-0.39, 0.29) is 0 Å². The molecule has 2 unspecified atom stereocenters. The third-order valence-corrected chi connectivity index (χ3v) is 4.66. The van der Waals surface area contributed by atoms with Crippen molar-refractivity contribution in [2.45, 2.75) is 50.8 Å². The Hall–Kier alpha value is -1.24. The van der Waals surface area contributed by atoms with Crippen molar-refractivity contribution >= 4 is 17.7 Å². The molecule has 1 saturated carbocycles. The van der Waals surface area contributed by atoms with Gasteiger partial charge in [-0.1, -0.05) is 5.16 Å². The molecule has 1 aliphatic rings. The van der Waals surface area contributed by atoms with Gasteiger partial charge >= 0.3 is 0 Å². The molecule has 2 rings (SSSR count). The molecular formula is C14H25N5OS. The summed E-state index contributed by atoms with van der Waals surface area (Å²) in [4.78, 5) is 8.78. The van der Waals surface area contributed by atoms with Crippen molar-refractivity contribution < 1.29 is 4.52 Å². The largest absolute Gasteiger partial charge is 0.357 e. The normalized spacial score (nSPS) is 22.5.